The fourth-order valence-corrected chi connectivity index (χ4v) is 2.08. The van der Waals surface area contributed by atoms with Gasteiger partial charge in [-0.15, -0.1) is 11.6 Å². The predicted octanol–water partition coefficient (Wildman–Crippen LogP) is 2.21. The summed E-state index contributed by atoms with van der Waals surface area (Å²) in [5.41, 5.74) is 1.07. The van der Waals surface area contributed by atoms with Crippen molar-refractivity contribution in [3.8, 4) is 0 Å². The van der Waals surface area contributed by atoms with E-state index in [1.54, 1.807) is 0 Å². The largest absolute Gasteiger partial charge is 0.374 e. The molecule has 0 bridgehead atoms. The van der Waals surface area contributed by atoms with Crippen LogP contribution in [0.15, 0.2) is 30.3 Å². The van der Waals surface area contributed by atoms with E-state index < -0.39 is 6.23 Å². The van der Waals surface area contributed by atoms with Crippen molar-refractivity contribution in [2.45, 2.75) is 24.4 Å². The number of benzene rings is 1. The number of hydrogen-bond donors (Lipinski definition) is 1. The van der Waals surface area contributed by atoms with Crippen LogP contribution >= 0.6 is 11.6 Å². The average Bonchev–Trinajstić information content (AvgIpc) is 2.19. The minimum atomic E-state index is -0.436. The van der Waals surface area contributed by atoms with Gasteiger partial charge in [0.2, 0.25) is 0 Å². The predicted molar refractivity (Wildman–Crippen MR) is 58.7 cm³/mol. The second-order valence-corrected chi connectivity index (χ2v) is 4.25. The summed E-state index contributed by atoms with van der Waals surface area (Å²) in [5, 5.41) is 9.95. The van der Waals surface area contributed by atoms with Gasteiger partial charge in [0.25, 0.3) is 0 Å². The van der Waals surface area contributed by atoms with Crippen LogP contribution in [0.3, 0.4) is 0 Å². The lowest BCUT2D eigenvalue weighted by atomic mass is 10.1. The summed E-state index contributed by atoms with van der Waals surface area (Å²) in [6.45, 7) is 0.833. The van der Waals surface area contributed by atoms with Crippen molar-refractivity contribution in [3.63, 3.8) is 0 Å². The Morgan fingerprint density at radius 3 is 2.64 bits per heavy atom. The lowest BCUT2D eigenvalue weighted by Crippen LogP contribution is -2.42. The van der Waals surface area contributed by atoms with E-state index in [2.05, 4.69) is 0 Å². The second-order valence-electron chi connectivity index (χ2n) is 3.63. The Labute approximate surface area is 89.1 Å². The average molecular weight is 212 g/mol. The summed E-state index contributed by atoms with van der Waals surface area (Å²) in [6, 6.07) is 9.96. The molecule has 1 N–H and O–H groups in total. The smallest absolute Gasteiger partial charge is 0.128 e. The molecule has 3 heteroatoms. The van der Waals surface area contributed by atoms with Gasteiger partial charge in [-0.3, -0.25) is 0 Å². The molecule has 1 heterocycles. The maximum Gasteiger partial charge on any atom is 0.128 e. The van der Waals surface area contributed by atoms with Crippen LogP contribution in [0, 0.1) is 0 Å². The molecule has 1 aromatic rings. The molecule has 0 saturated carbocycles. The van der Waals surface area contributed by atoms with Gasteiger partial charge in [-0.2, -0.15) is 0 Å². The fourth-order valence-electron chi connectivity index (χ4n) is 1.82. The first-order valence-electron chi connectivity index (χ1n) is 4.91. The maximum absolute atomic E-state index is 9.83. The molecule has 0 spiro atoms. The van der Waals surface area contributed by atoms with Crippen LogP contribution in [0.2, 0.25) is 0 Å². The minimum Gasteiger partial charge on any atom is -0.374 e. The molecule has 1 saturated heterocycles. The molecule has 1 aliphatic rings. The van der Waals surface area contributed by atoms with Crippen LogP contribution in [-0.2, 0) is 0 Å². The first kappa shape index (κ1) is 9.81. The van der Waals surface area contributed by atoms with E-state index in [9.17, 15) is 5.11 Å². The van der Waals surface area contributed by atoms with Crippen LogP contribution < -0.4 is 4.90 Å². The van der Waals surface area contributed by atoms with E-state index in [0.717, 1.165) is 18.7 Å². The highest BCUT2D eigenvalue weighted by Gasteiger charge is 2.25. The van der Waals surface area contributed by atoms with Crippen LogP contribution in [-0.4, -0.2) is 23.3 Å². The number of para-hydroxylation sites is 1. The monoisotopic (exact) mass is 211 g/mol. The third kappa shape index (κ3) is 2.02. The number of hydrogen-bond acceptors (Lipinski definition) is 2. The van der Waals surface area contributed by atoms with Crippen molar-refractivity contribution < 1.29 is 5.11 Å². The van der Waals surface area contributed by atoms with Gasteiger partial charge in [0.05, 0.1) is 0 Å². The molecule has 2 atom stereocenters. The zero-order valence-electron chi connectivity index (χ0n) is 7.94. The molecule has 1 aromatic carbocycles. The summed E-state index contributed by atoms with van der Waals surface area (Å²) < 4.78 is 0. The summed E-state index contributed by atoms with van der Waals surface area (Å²) in [4.78, 5) is 2.00. The van der Waals surface area contributed by atoms with Crippen LogP contribution in [0.25, 0.3) is 0 Å². The van der Waals surface area contributed by atoms with Gasteiger partial charge in [-0.1, -0.05) is 18.2 Å². The lowest BCUT2D eigenvalue weighted by molar-refractivity contribution is 0.141. The zero-order chi connectivity index (χ0) is 9.97. The number of halogens is 1. The molecule has 0 aromatic heterocycles. The minimum absolute atomic E-state index is 0.116. The van der Waals surface area contributed by atoms with E-state index in [-0.39, 0.29) is 5.38 Å². The first-order valence-corrected chi connectivity index (χ1v) is 5.35. The molecule has 1 fully saturated rings. The maximum atomic E-state index is 9.83. The van der Waals surface area contributed by atoms with Crippen molar-refractivity contribution in [2.24, 2.45) is 0 Å². The molecular formula is C11H14ClNO. The van der Waals surface area contributed by atoms with E-state index in [0.29, 0.717) is 6.42 Å². The summed E-state index contributed by atoms with van der Waals surface area (Å²) in [7, 11) is 0. The zero-order valence-corrected chi connectivity index (χ0v) is 8.69. The molecule has 1 aliphatic heterocycles. The second kappa shape index (κ2) is 4.20. The Bertz CT molecular complexity index is 291. The Hall–Kier alpha value is -0.730. The van der Waals surface area contributed by atoms with E-state index >= 15 is 0 Å². The highest BCUT2D eigenvalue weighted by Crippen LogP contribution is 2.25. The molecule has 0 aliphatic carbocycles. The number of aliphatic hydroxyl groups excluding tert-OH is 1. The fraction of sp³-hybridized carbons (Fsp3) is 0.455. The molecule has 76 valence electrons. The van der Waals surface area contributed by atoms with Crippen LogP contribution in [0.1, 0.15) is 12.8 Å². The highest BCUT2D eigenvalue weighted by molar-refractivity contribution is 6.20. The van der Waals surface area contributed by atoms with E-state index in [4.69, 9.17) is 11.6 Å². The quantitative estimate of drug-likeness (QED) is 0.721. The third-order valence-corrected chi connectivity index (χ3v) is 2.99. The SMILES string of the molecule is OC1CC(Cl)CCN1c1ccccc1. The summed E-state index contributed by atoms with van der Waals surface area (Å²) in [6.07, 6.45) is 1.15. The van der Waals surface area contributed by atoms with Gasteiger partial charge in [0.15, 0.2) is 0 Å². The summed E-state index contributed by atoms with van der Waals surface area (Å²) in [5.74, 6) is 0. The summed E-state index contributed by atoms with van der Waals surface area (Å²) >= 11 is 5.98. The van der Waals surface area contributed by atoms with Gasteiger partial charge in [-0.25, -0.2) is 0 Å². The van der Waals surface area contributed by atoms with Crippen LogP contribution in [0.4, 0.5) is 5.69 Å². The topological polar surface area (TPSA) is 23.5 Å². The number of aliphatic hydroxyl groups is 1. The molecule has 0 amide bonds. The van der Waals surface area contributed by atoms with Crippen molar-refractivity contribution in [1.82, 2.24) is 0 Å². The van der Waals surface area contributed by atoms with E-state index in [1.165, 1.54) is 0 Å². The van der Waals surface area contributed by atoms with Crippen molar-refractivity contribution >= 4 is 17.3 Å². The molecule has 2 unspecified atom stereocenters. The third-order valence-electron chi connectivity index (χ3n) is 2.60. The van der Waals surface area contributed by atoms with E-state index in [1.807, 2.05) is 35.2 Å². The standard InChI is InChI=1S/C11H14ClNO/c12-9-6-7-13(11(14)8-9)10-4-2-1-3-5-10/h1-5,9,11,14H,6-8H2. The van der Waals surface area contributed by atoms with Gasteiger partial charge in [-0.05, 0) is 18.6 Å². The number of nitrogens with zero attached hydrogens (tertiary/aromatic N) is 1. The molecule has 2 rings (SSSR count). The first-order chi connectivity index (χ1) is 6.77. The highest BCUT2D eigenvalue weighted by atomic mass is 35.5. The molecular weight excluding hydrogens is 198 g/mol. The van der Waals surface area contributed by atoms with Gasteiger partial charge in [0.1, 0.15) is 6.23 Å². The number of piperidine rings is 1. The van der Waals surface area contributed by atoms with Gasteiger partial charge in [0, 0.05) is 24.0 Å². The Balaban J connectivity index is 2.12. The van der Waals surface area contributed by atoms with Crippen molar-refractivity contribution in [2.75, 3.05) is 11.4 Å². The van der Waals surface area contributed by atoms with Gasteiger partial charge < -0.3 is 10.0 Å². The Morgan fingerprint density at radius 1 is 1.29 bits per heavy atom. The normalized spacial score (nSPS) is 27.7. The number of rotatable bonds is 1. The van der Waals surface area contributed by atoms with Gasteiger partial charge >= 0.3 is 0 Å². The number of anilines is 1. The molecule has 0 radical (unpaired) electrons. The molecule has 2 nitrogen and oxygen atoms in total. The number of alkyl halides is 1. The van der Waals surface area contributed by atoms with Crippen LogP contribution in [0.5, 0.6) is 0 Å². The molecule has 14 heavy (non-hydrogen) atoms. The lowest BCUT2D eigenvalue weighted by Gasteiger charge is -2.36. The van der Waals surface area contributed by atoms with Crippen molar-refractivity contribution in [1.29, 1.82) is 0 Å². The van der Waals surface area contributed by atoms with Crippen molar-refractivity contribution in [3.05, 3.63) is 30.3 Å². The Kier molecular flexibility index (Phi) is 2.94. The Morgan fingerprint density at radius 2 is 2.00 bits per heavy atom.